The van der Waals surface area contributed by atoms with E-state index in [1.165, 1.54) is 4.90 Å². The average molecular weight is 345 g/mol. The molecular weight excluding hydrogens is 324 g/mol. The van der Waals surface area contributed by atoms with E-state index in [1.807, 2.05) is 10.8 Å². The van der Waals surface area contributed by atoms with Crippen molar-refractivity contribution < 1.29 is 24.4 Å². The number of imidazole rings is 1. The quantitative estimate of drug-likeness (QED) is 0.552. The van der Waals surface area contributed by atoms with Crippen molar-refractivity contribution in [2.24, 2.45) is 0 Å². The van der Waals surface area contributed by atoms with Crippen LogP contribution in [0.1, 0.15) is 12.8 Å². The number of aromatic nitrogens is 2. The first-order valence-electron chi connectivity index (χ1n) is 8.16. The third-order valence-electron chi connectivity index (χ3n) is 4.22. The summed E-state index contributed by atoms with van der Waals surface area (Å²) in [5.41, 5.74) is 1.36. The summed E-state index contributed by atoms with van der Waals surface area (Å²) >= 11 is 0. The molecule has 1 aromatic heterocycles. The molecule has 25 heavy (non-hydrogen) atoms. The molecule has 8 nitrogen and oxygen atoms in total. The summed E-state index contributed by atoms with van der Waals surface area (Å²) in [6.45, 7) is 1.09. The average Bonchev–Trinajstić information content (AvgIpc) is 3.34. The number of amides is 2. The predicted octanol–water partition coefficient (Wildman–Crippen LogP) is -0.426. The van der Waals surface area contributed by atoms with Gasteiger partial charge in [0.15, 0.2) is 12.2 Å². The number of anilines is 1. The molecule has 132 valence electrons. The number of nitrogens with zero attached hydrogens (tertiary/aromatic N) is 2. The van der Waals surface area contributed by atoms with Gasteiger partial charge in [-0.3, -0.25) is 9.59 Å². The normalized spacial score (nSPS) is 16.5. The van der Waals surface area contributed by atoms with E-state index in [0.29, 0.717) is 18.8 Å². The van der Waals surface area contributed by atoms with E-state index < -0.39 is 24.0 Å². The van der Waals surface area contributed by atoms with Gasteiger partial charge in [-0.05, 0) is 37.1 Å². The van der Waals surface area contributed by atoms with Crippen LogP contribution < -0.4 is 9.88 Å². The van der Waals surface area contributed by atoms with E-state index in [2.05, 4.69) is 10.3 Å². The molecule has 4 N–H and O–H groups in total. The predicted molar refractivity (Wildman–Crippen MR) is 88.8 cm³/mol. The highest BCUT2D eigenvalue weighted by Gasteiger charge is 2.34. The van der Waals surface area contributed by atoms with Crippen LogP contribution in [0.3, 0.4) is 0 Å². The maximum atomic E-state index is 12.1. The van der Waals surface area contributed by atoms with Crippen LogP contribution in [-0.2, 0) is 9.59 Å². The molecule has 0 unspecified atom stereocenters. The number of benzene rings is 1. The van der Waals surface area contributed by atoms with Crippen LogP contribution in [0.15, 0.2) is 43.0 Å². The fraction of sp³-hybridized carbons (Fsp3) is 0.353. The zero-order chi connectivity index (χ0) is 17.8. The van der Waals surface area contributed by atoms with Crippen molar-refractivity contribution in [3.8, 4) is 5.69 Å². The van der Waals surface area contributed by atoms with Crippen molar-refractivity contribution in [1.82, 2.24) is 9.88 Å². The van der Waals surface area contributed by atoms with E-state index in [-0.39, 0.29) is 0 Å². The van der Waals surface area contributed by atoms with Crippen molar-refractivity contribution >= 4 is 17.5 Å². The topological polar surface area (TPSA) is 110 Å². The zero-order valence-corrected chi connectivity index (χ0v) is 13.6. The summed E-state index contributed by atoms with van der Waals surface area (Å²) in [6.07, 6.45) is 3.57. The Morgan fingerprint density at radius 1 is 1.12 bits per heavy atom. The molecule has 0 radical (unpaired) electrons. The number of carbonyl (C=O) groups excluding carboxylic acids is 2. The summed E-state index contributed by atoms with van der Waals surface area (Å²) in [5.74, 6) is -1.43. The molecular formula is C17H21N4O4+. The van der Waals surface area contributed by atoms with Gasteiger partial charge in [0.05, 0.1) is 0 Å². The van der Waals surface area contributed by atoms with Crippen molar-refractivity contribution in [3.63, 3.8) is 0 Å². The molecule has 0 bridgehead atoms. The number of hydrogen-bond donors (Lipinski definition) is 4. The van der Waals surface area contributed by atoms with Gasteiger partial charge < -0.3 is 20.4 Å². The number of carbonyl (C=O) groups is 2. The maximum Gasteiger partial charge on any atom is 0.256 e. The molecule has 8 heteroatoms. The van der Waals surface area contributed by atoms with Crippen LogP contribution in [-0.4, -0.2) is 57.2 Å². The number of aliphatic hydroxyl groups excluding tert-OH is 2. The van der Waals surface area contributed by atoms with E-state index in [0.717, 1.165) is 18.5 Å². The molecule has 1 aromatic carbocycles. The van der Waals surface area contributed by atoms with E-state index in [1.54, 1.807) is 36.8 Å². The highest BCUT2D eigenvalue weighted by Crippen LogP contribution is 2.13. The summed E-state index contributed by atoms with van der Waals surface area (Å²) in [6, 6.07) is 6.94. The smallest absolute Gasteiger partial charge is 0.256 e. The Morgan fingerprint density at radius 3 is 2.40 bits per heavy atom. The van der Waals surface area contributed by atoms with Gasteiger partial charge in [-0.15, -0.1) is 0 Å². The fourth-order valence-corrected chi connectivity index (χ4v) is 2.79. The summed E-state index contributed by atoms with van der Waals surface area (Å²) in [4.78, 5) is 28.5. The standard InChI is InChI=1S/C17H20N4O4/c22-14(15(23)17(25)20-8-1-2-9-20)16(24)19-12-3-5-13(6-4-12)21-10-7-18-11-21/h3-7,10-11,14-15,22-23H,1-2,8-9H2,(H,19,24)/p+1/t14-,15-/m1/s1. The molecule has 1 saturated heterocycles. The highest BCUT2D eigenvalue weighted by molar-refractivity contribution is 5.98. The molecule has 0 spiro atoms. The van der Waals surface area contributed by atoms with Gasteiger partial charge in [-0.1, -0.05) is 0 Å². The Labute approximate surface area is 144 Å². The summed E-state index contributed by atoms with van der Waals surface area (Å²) in [5, 5.41) is 22.4. The third-order valence-corrected chi connectivity index (χ3v) is 4.22. The molecule has 2 aromatic rings. The Bertz CT molecular complexity index is 724. The molecule has 1 fully saturated rings. The molecule has 2 atom stereocenters. The lowest BCUT2D eigenvalue weighted by molar-refractivity contribution is -0.594. The van der Waals surface area contributed by atoms with Crippen LogP contribution >= 0.6 is 0 Å². The van der Waals surface area contributed by atoms with Crippen LogP contribution in [0.4, 0.5) is 5.69 Å². The molecule has 2 amide bonds. The molecule has 3 rings (SSSR count). The van der Waals surface area contributed by atoms with Crippen molar-refractivity contribution in [3.05, 3.63) is 43.0 Å². The van der Waals surface area contributed by atoms with Crippen LogP contribution in [0.2, 0.25) is 0 Å². The summed E-state index contributed by atoms with van der Waals surface area (Å²) in [7, 11) is 0. The molecule has 0 saturated carbocycles. The molecule has 0 aliphatic carbocycles. The van der Waals surface area contributed by atoms with Gasteiger partial charge in [0.2, 0.25) is 6.33 Å². The van der Waals surface area contributed by atoms with Crippen LogP contribution in [0, 0.1) is 0 Å². The van der Waals surface area contributed by atoms with Crippen LogP contribution in [0.5, 0.6) is 0 Å². The van der Waals surface area contributed by atoms with Gasteiger partial charge >= 0.3 is 0 Å². The second-order valence-corrected chi connectivity index (χ2v) is 5.98. The van der Waals surface area contributed by atoms with Gasteiger partial charge in [-0.25, -0.2) is 9.55 Å². The second-order valence-electron chi connectivity index (χ2n) is 5.98. The third kappa shape index (κ3) is 3.86. The van der Waals surface area contributed by atoms with Gasteiger partial charge in [-0.2, -0.15) is 0 Å². The minimum atomic E-state index is -1.81. The molecule has 1 aliphatic rings. The highest BCUT2D eigenvalue weighted by atomic mass is 16.3. The number of rotatable bonds is 5. The van der Waals surface area contributed by atoms with Crippen molar-refractivity contribution in [1.29, 1.82) is 0 Å². The lowest BCUT2D eigenvalue weighted by atomic mass is 10.1. The molecule has 2 heterocycles. The number of likely N-dealkylation sites (tertiary alicyclic amines) is 1. The zero-order valence-electron chi connectivity index (χ0n) is 13.6. The van der Waals surface area contributed by atoms with Gasteiger partial charge in [0.1, 0.15) is 18.1 Å². The first kappa shape index (κ1) is 17.1. The number of H-pyrrole nitrogens is 1. The molecule has 1 aliphatic heterocycles. The van der Waals surface area contributed by atoms with Crippen LogP contribution in [0.25, 0.3) is 5.69 Å². The largest absolute Gasteiger partial charge is 0.380 e. The number of nitrogens with one attached hydrogen (secondary N) is 2. The lowest BCUT2D eigenvalue weighted by Gasteiger charge is -2.22. The maximum absolute atomic E-state index is 12.1. The SMILES string of the molecule is O=C(Nc1ccc(-[n+]2cc[nH]c2)cc1)[C@H](O)[C@@H](O)C(=O)N1CCCC1. The number of aliphatic hydroxyl groups is 2. The van der Waals surface area contributed by atoms with Crippen molar-refractivity contribution in [2.75, 3.05) is 18.4 Å². The monoisotopic (exact) mass is 345 g/mol. The van der Waals surface area contributed by atoms with E-state index in [9.17, 15) is 19.8 Å². The number of aromatic amines is 1. The Balaban J connectivity index is 1.60. The van der Waals surface area contributed by atoms with E-state index >= 15 is 0 Å². The fourth-order valence-electron chi connectivity index (χ4n) is 2.79. The van der Waals surface area contributed by atoms with Gasteiger partial charge in [0.25, 0.3) is 11.8 Å². The minimum absolute atomic E-state index is 0.463. The first-order chi connectivity index (χ1) is 12.1. The number of hydrogen-bond acceptors (Lipinski definition) is 4. The second kappa shape index (κ2) is 7.45. The van der Waals surface area contributed by atoms with E-state index in [4.69, 9.17) is 0 Å². The summed E-state index contributed by atoms with van der Waals surface area (Å²) < 4.78 is 1.86. The minimum Gasteiger partial charge on any atom is -0.380 e. The Morgan fingerprint density at radius 2 is 1.80 bits per heavy atom. The Kier molecular flexibility index (Phi) is 5.11. The lowest BCUT2D eigenvalue weighted by Crippen LogP contribution is -2.48. The van der Waals surface area contributed by atoms with Gasteiger partial charge in [0, 0.05) is 18.8 Å². The Hall–Kier alpha value is -2.71. The first-order valence-corrected chi connectivity index (χ1v) is 8.16. The van der Waals surface area contributed by atoms with Crippen molar-refractivity contribution in [2.45, 2.75) is 25.0 Å².